The second-order valence-corrected chi connectivity index (χ2v) is 5.74. The second-order valence-electron chi connectivity index (χ2n) is 2.96. The molecule has 74 valence electrons. The lowest BCUT2D eigenvalue weighted by Gasteiger charge is -1.95. The number of hydrogen-bond donors (Lipinski definition) is 1. The Balaban J connectivity index is 2.68. The Bertz CT molecular complexity index is 466. The van der Waals surface area contributed by atoms with E-state index in [1.165, 1.54) is 19.2 Å². The summed E-state index contributed by atoms with van der Waals surface area (Å²) in [6, 6.07) is 6.42. The van der Waals surface area contributed by atoms with E-state index in [0.717, 1.165) is 10.2 Å². The van der Waals surface area contributed by atoms with E-state index in [9.17, 15) is 0 Å². The number of aliphatic hydroxyl groups is 1. The zero-order valence-electron chi connectivity index (χ0n) is 7.26. The Hall–Kier alpha value is 0.350. The molecular formula is C10H8BrIOS. The molecule has 0 bridgehead atoms. The number of hydrogen-bond acceptors (Lipinski definition) is 2. The van der Waals surface area contributed by atoms with Gasteiger partial charge in [-0.25, -0.2) is 0 Å². The van der Waals surface area contributed by atoms with Crippen LogP contribution >= 0.6 is 49.9 Å². The quantitative estimate of drug-likeness (QED) is 0.617. The largest absolute Gasteiger partial charge is 0.391 e. The summed E-state index contributed by atoms with van der Waals surface area (Å²) >= 11 is 7.42. The molecule has 0 spiro atoms. The van der Waals surface area contributed by atoms with Crippen LogP contribution in [0.2, 0.25) is 0 Å². The van der Waals surface area contributed by atoms with E-state index in [1.807, 2.05) is 0 Å². The van der Waals surface area contributed by atoms with Gasteiger partial charge in [-0.15, -0.1) is 11.3 Å². The summed E-state index contributed by atoms with van der Waals surface area (Å²) in [4.78, 5) is 1.06. The van der Waals surface area contributed by atoms with Crippen molar-refractivity contribution in [3.8, 4) is 0 Å². The summed E-state index contributed by atoms with van der Waals surface area (Å²) < 4.78 is 2.44. The van der Waals surface area contributed by atoms with Crippen molar-refractivity contribution >= 4 is 59.9 Å². The number of alkyl halides is 1. The van der Waals surface area contributed by atoms with Crippen LogP contribution in [-0.4, -0.2) is 5.11 Å². The van der Waals surface area contributed by atoms with E-state index in [-0.39, 0.29) is 6.61 Å². The number of benzene rings is 1. The van der Waals surface area contributed by atoms with Crippen molar-refractivity contribution in [2.24, 2.45) is 0 Å². The monoisotopic (exact) mass is 382 g/mol. The van der Waals surface area contributed by atoms with Crippen molar-refractivity contribution in [3.63, 3.8) is 0 Å². The van der Waals surface area contributed by atoms with Crippen LogP contribution in [0, 0.1) is 3.57 Å². The van der Waals surface area contributed by atoms with Crippen LogP contribution < -0.4 is 0 Å². The maximum Gasteiger partial charge on any atom is 0.0785 e. The lowest BCUT2D eigenvalue weighted by Crippen LogP contribution is -1.80. The molecule has 1 aromatic heterocycles. The second kappa shape index (κ2) is 4.47. The van der Waals surface area contributed by atoms with Gasteiger partial charge < -0.3 is 5.11 Å². The third-order valence-electron chi connectivity index (χ3n) is 2.06. The Labute approximate surface area is 108 Å². The first-order valence-electron chi connectivity index (χ1n) is 4.13. The molecule has 0 saturated carbocycles. The minimum Gasteiger partial charge on any atom is -0.391 e. The predicted molar refractivity (Wildman–Crippen MR) is 73.1 cm³/mol. The maximum atomic E-state index is 9.14. The summed E-state index contributed by atoms with van der Waals surface area (Å²) in [5, 5.41) is 11.3. The average Bonchev–Trinajstić information content (AvgIpc) is 2.55. The van der Waals surface area contributed by atoms with Crippen molar-refractivity contribution in [2.45, 2.75) is 11.9 Å². The molecule has 0 saturated heterocycles. The van der Waals surface area contributed by atoms with E-state index >= 15 is 0 Å². The Morgan fingerprint density at radius 3 is 2.86 bits per heavy atom. The molecule has 4 heteroatoms. The maximum absolute atomic E-state index is 9.14. The number of fused-ring (bicyclic) bond motifs is 1. The van der Waals surface area contributed by atoms with E-state index < -0.39 is 0 Å². The van der Waals surface area contributed by atoms with E-state index in [0.29, 0.717) is 0 Å². The van der Waals surface area contributed by atoms with Crippen LogP contribution in [0.4, 0.5) is 0 Å². The summed E-state index contributed by atoms with van der Waals surface area (Å²) in [7, 11) is 0. The van der Waals surface area contributed by atoms with Crippen LogP contribution in [0.3, 0.4) is 0 Å². The van der Waals surface area contributed by atoms with Gasteiger partial charge in [0.2, 0.25) is 0 Å². The van der Waals surface area contributed by atoms with E-state index in [1.54, 1.807) is 11.3 Å². The lowest BCUT2D eigenvalue weighted by molar-refractivity contribution is 0.285. The van der Waals surface area contributed by atoms with Gasteiger partial charge in [0, 0.05) is 23.9 Å². The minimum atomic E-state index is 0.140. The smallest absolute Gasteiger partial charge is 0.0785 e. The molecule has 2 rings (SSSR count). The first-order chi connectivity index (χ1) is 6.76. The highest BCUT2D eigenvalue weighted by molar-refractivity contribution is 14.1. The summed E-state index contributed by atoms with van der Waals surface area (Å²) in [5.41, 5.74) is 1.28. The Morgan fingerprint density at radius 2 is 2.21 bits per heavy atom. The molecule has 14 heavy (non-hydrogen) atoms. The van der Waals surface area contributed by atoms with Gasteiger partial charge in [0.25, 0.3) is 0 Å². The molecule has 1 N–H and O–H groups in total. The van der Waals surface area contributed by atoms with Crippen LogP contribution in [0.5, 0.6) is 0 Å². The van der Waals surface area contributed by atoms with Crippen LogP contribution in [-0.2, 0) is 11.9 Å². The molecule has 0 aliphatic carbocycles. The van der Waals surface area contributed by atoms with Crippen molar-refractivity contribution in [3.05, 3.63) is 32.2 Å². The highest BCUT2D eigenvalue weighted by Crippen LogP contribution is 2.33. The predicted octanol–water partition coefficient (Wildman–Crippen LogP) is 3.89. The molecule has 0 radical (unpaired) electrons. The summed E-state index contributed by atoms with van der Waals surface area (Å²) in [6.07, 6.45) is 0. The van der Waals surface area contributed by atoms with Crippen molar-refractivity contribution in [2.75, 3.05) is 0 Å². The van der Waals surface area contributed by atoms with Crippen molar-refractivity contribution in [1.82, 2.24) is 0 Å². The zero-order valence-corrected chi connectivity index (χ0v) is 11.8. The highest BCUT2D eigenvalue weighted by atomic mass is 127. The first kappa shape index (κ1) is 10.9. The third kappa shape index (κ3) is 1.85. The number of rotatable bonds is 2. The Kier molecular flexibility index (Phi) is 3.46. The van der Waals surface area contributed by atoms with E-state index in [2.05, 4.69) is 56.7 Å². The van der Waals surface area contributed by atoms with Gasteiger partial charge in [-0.3, -0.25) is 0 Å². The van der Waals surface area contributed by atoms with Gasteiger partial charge >= 0.3 is 0 Å². The van der Waals surface area contributed by atoms with Gasteiger partial charge in [0.05, 0.1) is 6.61 Å². The van der Waals surface area contributed by atoms with Crippen LogP contribution in [0.15, 0.2) is 18.2 Å². The molecule has 0 aliphatic rings. The van der Waals surface area contributed by atoms with Gasteiger partial charge in [-0.1, -0.05) is 22.0 Å². The topological polar surface area (TPSA) is 20.2 Å². The fourth-order valence-corrected chi connectivity index (χ4v) is 3.77. The summed E-state index contributed by atoms with van der Waals surface area (Å²) in [6.45, 7) is 0.140. The molecule has 0 atom stereocenters. The fourth-order valence-electron chi connectivity index (χ4n) is 1.35. The molecule has 1 heterocycles. The fraction of sp³-hybridized carbons (Fsp3) is 0.200. The SMILES string of the molecule is OCc1sc2ccc(CBr)cc2c1I. The molecular weight excluding hydrogens is 375 g/mol. The van der Waals surface area contributed by atoms with Crippen molar-refractivity contribution in [1.29, 1.82) is 0 Å². The third-order valence-corrected chi connectivity index (χ3v) is 5.46. The zero-order chi connectivity index (χ0) is 10.1. The summed E-state index contributed by atoms with van der Waals surface area (Å²) in [5.74, 6) is 0. The number of thiophene rings is 1. The van der Waals surface area contributed by atoms with E-state index in [4.69, 9.17) is 5.11 Å². The minimum absolute atomic E-state index is 0.140. The molecule has 1 aromatic carbocycles. The Morgan fingerprint density at radius 1 is 1.43 bits per heavy atom. The molecule has 1 nitrogen and oxygen atoms in total. The first-order valence-corrected chi connectivity index (χ1v) is 7.14. The molecule has 0 fully saturated rings. The lowest BCUT2D eigenvalue weighted by atomic mass is 10.2. The molecule has 0 unspecified atom stereocenters. The standard InChI is InChI=1S/C10H8BrIOS/c11-4-6-1-2-8-7(3-6)10(12)9(5-13)14-8/h1-3,13H,4-5H2. The van der Waals surface area contributed by atoms with Gasteiger partial charge in [0.1, 0.15) is 0 Å². The average molecular weight is 383 g/mol. The number of halogens is 2. The molecule has 0 aliphatic heterocycles. The van der Waals surface area contributed by atoms with Crippen molar-refractivity contribution < 1.29 is 5.11 Å². The molecule has 0 amide bonds. The van der Waals surface area contributed by atoms with Gasteiger partial charge in [0.15, 0.2) is 0 Å². The highest BCUT2D eigenvalue weighted by Gasteiger charge is 2.08. The van der Waals surface area contributed by atoms with Gasteiger partial charge in [-0.2, -0.15) is 0 Å². The normalized spacial score (nSPS) is 11.1. The van der Waals surface area contributed by atoms with Gasteiger partial charge in [-0.05, 0) is 40.3 Å². The number of aliphatic hydroxyl groups excluding tert-OH is 1. The van der Waals surface area contributed by atoms with Crippen LogP contribution in [0.1, 0.15) is 10.4 Å². The molecule has 2 aromatic rings. The van der Waals surface area contributed by atoms with Crippen LogP contribution in [0.25, 0.3) is 10.1 Å².